The number of ether oxygens (including phenoxy) is 2. The van der Waals surface area contributed by atoms with E-state index in [1.807, 2.05) is 25.5 Å². The Morgan fingerprint density at radius 3 is 2.46 bits per heavy atom. The molecule has 7 heteroatoms. The number of aryl methyl sites for hydroxylation is 1. The molecule has 5 nitrogen and oxygen atoms in total. The van der Waals surface area contributed by atoms with Gasteiger partial charge in [-0.2, -0.15) is 9.78 Å². The highest BCUT2D eigenvalue weighted by Crippen LogP contribution is 2.32. The van der Waals surface area contributed by atoms with Crippen molar-refractivity contribution in [3.63, 3.8) is 0 Å². The molecule has 130 valence electrons. The lowest BCUT2D eigenvalue weighted by Gasteiger charge is -2.26. The van der Waals surface area contributed by atoms with E-state index < -0.39 is 0 Å². The van der Waals surface area contributed by atoms with Crippen LogP contribution in [0.25, 0.3) is 0 Å². The average Bonchev–Trinajstić information content (AvgIpc) is 2.86. The Morgan fingerprint density at radius 1 is 1.21 bits per heavy atom. The fraction of sp³-hybridized carbons (Fsp3) is 0.529. The van der Waals surface area contributed by atoms with Crippen LogP contribution in [-0.2, 0) is 19.6 Å². The lowest BCUT2D eigenvalue weighted by molar-refractivity contribution is -0.939. The number of quaternary nitrogens is 1. The number of hydrogen-bond donors (Lipinski definition) is 1. The lowest BCUT2D eigenvalue weighted by Crippen LogP contribution is -3.11. The van der Waals surface area contributed by atoms with E-state index in [2.05, 4.69) is 17.2 Å². The molecule has 24 heavy (non-hydrogen) atoms. The van der Waals surface area contributed by atoms with Crippen LogP contribution in [-0.4, -0.2) is 29.5 Å². The van der Waals surface area contributed by atoms with Gasteiger partial charge in [0, 0.05) is 12.0 Å². The number of rotatable bonds is 6. The van der Waals surface area contributed by atoms with Gasteiger partial charge in [0.15, 0.2) is 22.1 Å². The summed E-state index contributed by atoms with van der Waals surface area (Å²) in [7, 11) is 0. The number of nitrogens with one attached hydrogen (secondary N) is 1. The maximum atomic E-state index is 5.76. The lowest BCUT2D eigenvalue weighted by atomic mass is 9.99. The zero-order valence-corrected chi connectivity index (χ0v) is 16.1. The molecule has 3 rings (SSSR count). The van der Waals surface area contributed by atoms with Gasteiger partial charge in [0.1, 0.15) is 11.6 Å². The van der Waals surface area contributed by atoms with Crippen molar-refractivity contribution in [1.82, 2.24) is 9.78 Å². The van der Waals surface area contributed by atoms with Crippen molar-refractivity contribution < 1.29 is 14.4 Å². The first-order chi connectivity index (χ1) is 11.6. The number of benzene rings is 1. The highest BCUT2D eigenvalue weighted by atomic mass is 32.1. The maximum absolute atomic E-state index is 5.76. The summed E-state index contributed by atoms with van der Waals surface area (Å²) in [4.78, 5) is 1.47. The monoisotopic (exact) mass is 366 g/mol. The number of nitrogens with zero attached hydrogens (tertiary/aromatic N) is 2. The van der Waals surface area contributed by atoms with Crippen molar-refractivity contribution in [2.75, 3.05) is 19.8 Å². The Kier molecular flexibility index (Phi) is 5.53. The molecule has 0 radical (unpaired) electrons. The van der Waals surface area contributed by atoms with Gasteiger partial charge in [-0.1, -0.05) is 11.3 Å². The molecule has 0 spiro atoms. The SMILES string of the molecule is CCOc1cc2c(cc1OCC)C[NH+](Cn1nc(C)sc1=S)CC2. The average molecular weight is 367 g/mol. The molecule has 1 unspecified atom stereocenters. The van der Waals surface area contributed by atoms with Crippen molar-refractivity contribution >= 4 is 23.6 Å². The number of fused-ring (bicyclic) bond motifs is 1. The summed E-state index contributed by atoms with van der Waals surface area (Å²) >= 11 is 6.97. The summed E-state index contributed by atoms with van der Waals surface area (Å²) in [6.07, 6.45) is 1.04. The molecule has 0 fully saturated rings. The van der Waals surface area contributed by atoms with Crippen LogP contribution in [0.4, 0.5) is 0 Å². The van der Waals surface area contributed by atoms with E-state index in [1.165, 1.54) is 16.0 Å². The summed E-state index contributed by atoms with van der Waals surface area (Å²) < 4.78 is 14.3. The van der Waals surface area contributed by atoms with Crippen molar-refractivity contribution in [2.24, 2.45) is 0 Å². The molecule has 1 atom stereocenters. The molecule has 1 N–H and O–H groups in total. The van der Waals surface area contributed by atoms with Crippen LogP contribution in [0.1, 0.15) is 30.0 Å². The van der Waals surface area contributed by atoms with Gasteiger partial charge >= 0.3 is 0 Å². The zero-order valence-electron chi connectivity index (χ0n) is 14.4. The highest BCUT2D eigenvalue weighted by molar-refractivity contribution is 7.73. The molecule has 2 heterocycles. The standard InChI is InChI=1S/C17H23N3O2S2/c1-4-21-15-8-13-6-7-19(10-14(13)9-16(15)22-5-2)11-20-17(23)24-12(3)18-20/h8-9H,4-7,10-11H2,1-3H3/p+1. The first-order valence-corrected chi connectivity index (χ1v) is 9.62. The predicted octanol–water partition coefficient (Wildman–Crippen LogP) is 2.38. The summed E-state index contributed by atoms with van der Waals surface area (Å²) in [6, 6.07) is 4.30. The number of aromatic nitrogens is 2. The topological polar surface area (TPSA) is 40.7 Å². The summed E-state index contributed by atoms with van der Waals surface area (Å²) in [5.74, 6) is 1.71. The molecule has 0 aliphatic carbocycles. The molecular weight excluding hydrogens is 342 g/mol. The second-order valence-electron chi connectivity index (χ2n) is 5.91. The normalized spacial score (nSPS) is 16.7. The molecule has 1 aromatic heterocycles. The smallest absolute Gasteiger partial charge is 0.184 e. The van der Waals surface area contributed by atoms with Crippen LogP contribution in [0.2, 0.25) is 0 Å². The van der Waals surface area contributed by atoms with Crippen LogP contribution in [0.15, 0.2) is 12.1 Å². The van der Waals surface area contributed by atoms with E-state index in [4.69, 9.17) is 21.7 Å². The van der Waals surface area contributed by atoms with Crippen LogP contribution in [0.5, 0.6) is 11.5 Å². The quantitative estimate of drug-likeness (QED) is 0.797. The minimum absolute atomic E-state index is 0.642. The van der Waals surface area contributed by atoms with E-state index >= 15 is 0 Å². The van der Waals surface area contributed by atoms with E-state index in [9.17, 15) is 0 Å². The van der Waals surface area contributed by atoms with E-state index in [0.717, 1.165) is 46.6 Å². The zero-order chi connectivity index (χ0) is 17.1. The molecule has 1 aliphatic heterocycles. The van der Waals surface area contributed by atoms with Crippen molar-refractivity contribution in [3.05, 3.63) is 32.2 Å². The maximum Gasteiger partial charge on any atom is 0.184 e. The fourth-order valence-electron chi connectivity index (χ4n) is 3.10. The van der Waals surface area contributed by atoms with Gasteiger partial charge < -0.3 is 14.4 Å². The Morgan fingerprint density at radius 2 is 1.88 bits per heavy atom. The van der Waals surface area contributed by atoms with E-state index in [1.54, 1.807) is 11.3 Å². The largest absolute Gasteiger partial charge is 0.490 e. The Balaban J connectivity index is 1.80. The third kappa shape index (κ3) is 3.79. The van der Waals surface area contributed by atoms with Gasteiger partial charge in [-0.15, -0.1) is 0 Å². The van der Waals surface area contributed by atoms with Crippen molar-refractivity contribution in [1.29, 1.82) is 0 Å². The Bertz CT molecular complexity index is 770. The van der Waals surface area contributed by atoms with E-state index in [0.29, 0.717) is 13.2 Å². The Labute approximate surface area is 151 Å². The van der Waals surface area contributed by atoms with Gasteiger partial charge in [-0.3, -0.25) is 0 Å². The Hall–Kier alpha value is -1.44. The fourth-order valence-corrected chi connectivity index (χ4v) is 4.17. The molecule has 1 aliphatic rings. The highest BCUT2D eigenvalue weighted by Gasteiger charge is 2.23. The third-order valence-corrected chi connectivity index (χ3v) is 5.36. The molecule has 1 aromatic carbocycles. The summed E-state index contributed by atoms with van der Waals surface area (Å²) in [5.41, 5.74) is 2.70. The molecule has 0 saturated carbocycles. The second-order valence-corrected chi connectivity index (χ2v) is 7.73. The molecule has 0 amide bonds. The first kappa shape index (κ1) is 17.4. The molecular formula is C17H24N3O2S2+. The van der Waals surface area contributed by atoms with Crippen LogP contribution in [0, 0.1) is 10.9 Å². The summed E-state index contributed by atoms with van der Waals surface area (Å²) in [5, 5.41) is 5.54. The molecule has 0 bridgehead atoms. The second kappa shape index (κ2) is 7.63. The van der Waals surface area contributed by atoms with Gasteiger partial charge in [0.25, 0.3) is 0 Å². The van der Waals surface area contributed by atoms with Crippen LogP contribution < -0.4 is 14.4 Å². The number of hydrogen-bond acceptors (Lipinski definition) is 5. The third-order valence-electron chi connectivity index (χ3n) is 4.13. The van der Waals surface area contributed by atoms with Gasteiger partial charge in [-0.05, 0) is 50.7 Å². The van der Waals surface area contributed by atoms with Gasteiger partial charge in [0.05, 0.1) is 19.8 Å². The molecule has 2 aromatic rings. The van der Waals surface area contributed by atoms with Gasteiger partial charge in [0.2, 0.25) is 0 Å². The van der Waals surface area contributed by atoms with Crippen LogP contribution >= 0.6 is 23.6 Å². The minimum atomic E-state index is 0.642. The minimum Gasteiger partial charge on any atom is -0.490 e. The first-order valence-electron chi connectivity index (χ1n) is 8.40. The van der Waals surface area contributed by atoms with Gasteiger partial charge in [-0.25, -0.2) is 0 Å². The van der Waals surface area contributed by atoms with Crippen molar-refractivity contribution in [2.45, 2.75) is 40.4 Å². The summed E-state index contributed by atoms with van der Waals surface area (Å²) in [6.45, 7) is 10.1. The predicted molar refractivity (Wildman–Crippen MR) is 97.7 cm³/mol. The van der Waals surface area contributed by atoms with E-state index in [-0.39, 0.29) is 0 Å². The van der Waals surface area contributed by atoms with Crippen molar-refractivity contribution in [3.8, 4) is 11.5 Å². The van der Waals surface area contributed by atoms with Crippen LogP contribution in [0.3, 0.4) is 0 Å². The molecule has 0 saturated heterocycles.